The lowest BCUT2D eigenvalue weighted by Gasteiger charge is -2.42. The van der Waals surface area contributed by atoms with Gasteiger partial charge in [0.25, 0.3) is 0 Å². The van der Waals surface area contributed by atoms with Crippen LogP contribution in [0.4, 0.5) is 0 Å². The smallest absolute Gasteiger partial charge is 0.227 e. The number of hydrogen-bond donors (Lipinski definition) is 0. The molecule has 2 aromatic rings. The molecule has 3 heterocycles. The number of hydrogen-bond acceptors (Lipinski definition) is 4. The average molecular weight is 436 g/mol. The van der Waals surface area contributed by atoms with Crippen molar-refractivity contribution >= 4 is 11.8 Å². The van der Waals surface area contributed by atoms with E-state index < -0.39 is 0 Å². The molecule has 170 valence electrons. The van der Waals surface area contributed by atoms with Gasteiger partial charge in [-0.1, -0.05) is 24.3 Å². The van der Waals surface area contributed by atoms with Crippen LogP contribution in [0.1, 0.15) is 44.1 Å². The molecule has 2 aliphatic heterocycles. The van der Waals surface area contributed by atoms with E-state index >= 15 is 0 Å². The van der Waals surface area contributed by atoms with Gasteiger partial charge in [-0.3, -0.25) is 14.6 Å². The Morgan fingerprint density at radius 3 is 2.28 bits per heavy atom. The predicted molar refractivity (Wildman–Crippen MR) is 123 cm³/mol. The van der Waals surface area contributed by atoms with Crippen molar-refractivity contribution in [2.75, 3.05) is 32.8 Å². The maximum absolute atomic E-state index is 13.1. The Kier molecular flexibility index (Phi) is 7.40. The van der Waals surface area contributed by atoms with Gasteiger partial charge in [-0.15, -0.1) is 0 Å². The largest absolute Gasteiger partial charge is 0.493 e. The number of likely N-dealkylation sites (tertiary alicyclic amines) is 2. The topological polar surface area (TPSA) is 62.7 Å². The minimum absolute atomic E-state index is 0.123. The molecule has 32 heavy (non-hydrogen) atoms. The second-order valence-electron chi connectivity index (χ2n) is 9.14. The lowest BCUT2D eigenvalue weighted by molar-refractivity contribution is -0.138. The molecule has 6 heteroatoms. The molecule has 6 nitrogen and oxygen atoms in total. The summed E-state index contributed by atoms with van der Waals surface area (Å²) in [6.45, 7) is 3.55. The molecule has 0 spiro atoms. The molecule has 0 aliphatic carbocycles. The number of benzene rings is 1. The minimum atomic E-state index is -0.241. The first-order chi connectivity index (χ1) is 15.6. The fraction of sp³-hybridized carbons (Fsp3) is 0.500. The van der Waals surface area contributed by atoms with Crippen LogP contribution in [0.3, 0.4) is 0 Å². The Labute approximate surface area is 190 Å². The van der Waals surface area contributed by atoms with E-state index in [1.54, 1.807) is 12.4 Å². The normalized spacial score (nSPS) is 18.2. The van der Waals surface area contributed by atoms with Gasteiger partial charge >= 0.3 is 0 Å². The number of pyridine rings is 1. The van der Waals surface area contributed by atoms with E-state index in [2.05, 4.69) is 4.98 Å². The van der Waals surface area contributed by atoms with Crippen molar-refractivity contribution < 1.29 is 14.3 Å². The van der Waals surface area contributed by atoms with Crippen molar-refractivity contribution in [1.29, 1.82) is 0 Å². The third kappa shape index (κ3) is 5.87. The molecule has 4 rings (SSSR count). The lowest BCUT2D eigenvalue weighted by atomic mass is 9.75. The van der Waals surface area contributed by atoms with Crippen LogP contribution in [-0.4, -0.2) is 59.4 Å². The SMILES string of the molecule is O=C(Cc1cccnc1)N1CCC(COc2ccccc2)(CC(=O)N2CCCCC2)CC1. The Hall–Kier alpha value is -2.89. The van der Waals surface area contributed by atoms with Crippen molar-refractivity contribution in [2.45, 2.75) is 44.9 Å². The Morgan fingerprint density at radius 2 is 1.59 bits per heavy atom. The van der Waals surface area contributed by atoms with Crippen molar-refractivity contribution in [3.8, 4) is 5.75 Å². The van der Waals surface area contributed by atoms with Gasteiger partial charge in [0.05, 0.1) is 13.0 Å². The summed E-state index contributed by atoms with van der Waals surface area (Å²) in [5, 5.41) is 0. The molecule has 0 bridgehead atoms. The second kappa shape index (κ2) is 10.6. The summed E-state index contributed by atoms with van der Waals surface area (Å²) in [5.41, 5.74) is 0.692. The summed E-state index contributed by atoms with van der Waals surface area (Å²) < 4.78 is 6.15. The quantitative estimate of drug-likeness (QED) is 0.665. The highest BCUT2D eigenvalue weighted by Gasteiger charge is 2.39. The van der Waals surface area contributed by atoms with Crippen LogP contribution < -0.4 is 4.74 Å². The molecule has 2 fully saturated rings. The van der Waals surface area contributed by atoms with E-state index in [1.165, 1.54) is 6.42 Å². The predicted octanol–water partition coefficient (Wildman–Crippen LogP) is 3.71. The lowest BCUT2D eigenvalue weighted by Crippen LogP contribution is -2.48. The first kappa shape index (κ1) is 22.3. The third-order valence-electron chi connectivity index (χ3n) is 6.78. The number of amides is 2. The summed E-state index contributed by atoms with van der Waals surface area (Å²) in [6, 6.07) is 13.6. The monoisotopic (exact) mass is 435 g/mol. The Morgan fingerprint density at radius 1 is 0.875 bits per heavy atom. The summed E-state index contributed by atoms with van der Waals surface area (Å²) in [4.78, 5) is 34.0. The number of rotatable bonds is 7. The first-order valence-electron chi connectivity index (χ1n) is 11.8. The number of piperidine rings is 2. The number of ether oxygens (including phenoxy) is 1. The highest BCUT2D eigenvalue weighted by molar-refractivity contribution is 5.79. The van der Waals surface area contributed by atoms with Crippen LogP contribution in [0.25, 0.3) is 0 Å². The standard InChI is InChI=1S/C26H33N3O3/c30-24(18-22-8-7-13-27-20-22)29-16-11-26(12-17-29,21-32-23-9-3-1-4-10-23)19-25(31)28-14-5-2-6-15-28/h1,3-4,7-10,13,20H,2,5-6,11-12,14-19,21H2. The molecule has 0 N–H and O–H groups in total. The van der Waals surface area contributed by atoms with Crippen molar-refractivity contribution in [3.63, 3.8) is 0 Å². The van der Waals surface area contributed by atoms with Crippen LogP contribution in [0.2, 0.25) is 0 Å². The van der Waals surface area contributed by atoms with Crippen molar-refractivity contribution in [3.05, 3.63) is 60.4 Å². The molecule has 0 radical (unpaired) electrons. The van der Waals surface area contributed by atoms with Crippen molar-refractivity contribution in [1.82, 2.24) is 14.8 Å². The molecule has 2 amide bonds. The highest BCUT2D eigenvalue weighted by Crippen LogP contribution is 2.37. The van der Waals surface area contributed by atoms with Gasteiger partial charge in [0.15, 0.2) is 0 Å². The average Bonchev–Trinajstić information content (AvgIpc) is 2.85. The zero-order valence-corrected chi connectivity index (χ0v) is 18.7. The molecular weight excluding hydrogens is 402 g/mol. The van der Waals surface area contributed by atoms with Gasteiger partial charge in [0.1, 0.15) is 5.75 Å². The summed E-state index contributed by atoms with van der Waals surface area (Å²) in [6.07, 6.45) is 9.27. The number of aromatic nitrogens is 1. The van der Waals surface area contributed by atoms with E-state index in [0.717, 1.165) is 50.1 Å². The fourth-order valence-electron chi connectivity index (χ4n) is 4.72. The van der Waals surface area contributed by atoms with E-state index in [4.69, 9.17) is 4.74 Å². The van der Waals surface area contributed by atoms with Crippen LogP contribution >= 0.6 is 0 Å². The Balaban J connectivity index is 1.40. The number of carbonyl (C=O) groups is 2. The maximum atomic E-state index is 13.1. The van der Waals surface area contributed by atoms with Gasteiger partial charge in [-0.25, -0.2) is 0 Å². The van der Waals surface area contributed by atoms with Gasteiger partial charge in [0.2, 0.25) is 11.8 Å². The minimum Gasteiger partial charge on any atom is -0.493 e. The number of carbonyl (C=O) groups excluding carboxylic acids is 2. The molecule has 2 aliphatic rings. The molecule has 0 saturated carbocycles. The van der Waals surface area contributed by atoms with E-state index in [1.807, 2.05) is 52.3 Å². The first-order valence-corrected chi connectivity index (χ1v) is 11.8. The van der Waals surface area contributed by atoms with Gasteiger partial charge in [-0.2, -0.15) is 0 Å². The van der Waals surface area contributed by atoms with Crippen LogP contribution in [0.15, 0.2) is 54.9 Å². The molecule has 1 aromatic heterocycles. The summed E-state index contributed by atoms with van der Waals surface area (Å²) in [7, 11) is 0. The van der Waals surface area contributed by atoms with E-state index in [-0.39, 0.29) is 17.2 Å². The highest BCUT2D eigenvalue weighted by atomic mass is 16.5. The second-order valence-corrected chi connectivity index (χ2v) is 9.14. The molecule has 1 aromatic carbocycles. The zero-order valence-electron chi connectivity index (χ0n) is 18.7. The van der Waals surface area contributed by atoms with E-state index in [0.29, 0.717) is 32.5 Å². The van der Waals surface area contributed by atoms with Gasteiger partial charge < -0.3 is 14.5 Å². The van der Waals surface area contributed by atoms with Crippen LogP contribution in [0, 0.1) is 5.41 Å². The molecule has 2 saturated heterocycles. The van der Waals surface area contributed by atoms with Crippen LogP contribution in [-0.2, 0) is 16.0 Å². The third-order valence-corrected chi connectivity index (χ3v) is 6.78. The molecule has 0 unspecified atom stereocenters. The number of para-hydroxylation sites is 1. The van der Waals surface area contributed by atoms with E-state index in [9.17, 15) is 9.59 Å². The maximum Gasteiger partial charge on any atom is 0.227 e. The summed E-state index contributed by atoms with van der Waals surface area (Å²) >= 11 is 0. The fourth-order valence-corrected chi connectivity index (χ4v) is 4.72. The van der Waals surface area contributed by atoms with Crippen LogP contribution in [0.5, 0.6) is 5.75 Å². The molecule has 0 atom stereocenters. The van der Waals surface area contributed by atoms with Crippen molar-refractivity contribution in [2.24, 2.45) is 5.41 Å². The number of nitrogens with zero attached hydrogens (tertiary/aromatic N) is 3. The molecular formula is C26H33N3O3. The summed E-state index contributed by atoms with van der Waals surface area (Å²) in [5.74, 6) is 1.18. The van der Waals surface area contributed by atoms with Gasteiger partial charge in [-0.05, 0) is 55.9 Å². The zero-order chi connectivity index (χ0) is 22.2. The van der Waals surface area contributed by atoms with Gasteiger partial charge in [0, 0.05) is 50.4 Å². The Bertz CT molecular complexity index is 874.